The lowest BCUT2D eigenvalue weighted by atomic mass is 9.65. The van der Waals surface area contributed by atoms with Crippen molar-refractivity contribution in [3.05, 3.63) is 24.0 Å². The van der Waals surface area contributed by atoms with Gasteiger partial charge in [-0.1, -0.05) is 20.8 Å². The number of benzene rings is 1. The van der Waals surface area contributed by atoms with Crippen molar-refractivity contribution in [3.8, 4) is 5.75 Å². The van der Waals surface area contributed by atoms with E-state index in [1.807, 2.05) is 4.90 Å². The molecule has 2 amide bonds. The molecule has 2 aliphatic rings. The van der Waals surface area contributed by atoms with E-state index in [4.69, 9.17) is 4.74 Å². The molecule has 1 aromatic rings. The van der Waals surface area contributed by atoms with Crippen LogP contribution in [-0.2, 0) is 0 Å². The van der Waals surface area contributed by atoms with Crippen molar-refractivity contribution in [2.24, 2.45) is 10.8 Å². The molecule has 2 bridgehead atoms. The maximum atomic E-state index is 14.0. The quantitative estimate of drug-likeness (QED) is 0.884. The van der Waals surface area contributed by atoms with Gasteiger partial charge in [0.25, 0.3) is 0 Å². The average molecular weight is 320 g/mol. The zero-order valence-electron chi connectivity index (χ0n) is 14.3. The van der Waals surface area contributed by atoms with Crippen molar-refractivity contribution in [1.29, 1.82) is 0 Å². The third kappa shape index (κ3) is 3.14. The molecule has 1 saturated heterocycles. The predicted octanol–water partition coefficient (Wildman–Crippen LogP) is 4.27. The Morgan fingerprint density at radius 2 is 2.09 bits per heavy atom. The molecule has 2 fully saturated rings. The first-order chi connectivity index (χ1) is 10.7. The molecule has 0 aromatic heterocycles. The SMILES string of the molecule is COc1ccc(NC(=O)N2CC3(C)CC2CC(C)(C)C3)c(F)c1. The van der Waals surface area contributed by atoms with Crippen LogP contribution in [0.1, 0.15) is 40.0 Å². The Morgan fingerprint density at radius 1 is 1.35 bits per heavy atom. The van der Waals surface area contributed by atoms with E-state index >= 15 is 0 Å². The molecular weight excluding hydrogens is 295 g/mol. The molecule has 126 valence electrons. The third-order valence-electron chi connectivity index (χ3n) is 5.09. The monoisotopic (exact) mass is 320 g/mol. The molecule has 0 spiro atoms. The number of halogens is 1. The molecule has 1 saturated carbocycles. The van der Waals surface area contributed by atoms with Crippen LogP contribution in [0.5, 0.6) is 5.75 Å². The van der Waals surface area contributed by atoms with E-state index in [2.05, 4.69) is 26.1 Å². The van der Waals surface area contributed by atoms with Crippen LogP contribution in [0.4, 0.5) is 14.9 Å². The number of ether oxygens (including phenoxy) is 1. The minimum Gasteiger partial charge on any atom is -0.497 e. The molecule has 1 heterocycles. The summed E-state index contributed by atoms with van der Waals surface area (Å²) in [4.78, 5) is 14.5. The molecule has 5 heteroatoms. The number of nitrogens with one attached hydrogen (secondary N) is 1. The number of carbonyl (C=O) groups excluding carboxylic acids is 1. The van der Waals surface area contributed by atoms with Crippen molar-refractivity contribution in [2.45, 2.75) is 46.1 Å². The van der Waals surface area contributed by atoms with E-state index in [-0.39, 0.29) is 28.6 Å². The standard InChI is InChI=1S/C18H25FN2O2/c1-17(2)8-12-9-18(3,10-17)11-21(12)16(22)20-15-6-5-13(23-4)7-14(15)19/h5-7,12H,8-11H2,1-4H3,(H,20,22). The number of fused-ring (bicyclic) bond motifs is 2. The lowest BCUT2D eigenvalue weighted by Crippen LogP contribution is -2.40. The van der Waals surface area contributed by atoms with E-state index in [1.54, 1.807) is 12.1 Å². The fourth-order valence-corrected chi connectivity index (χ4v) is 4.61. The maximum absolute atomic E-state index is 14.0. The van der Waals surface area contributed by atoms with Gasteiger partial charge in [0.2, 0.25) is 0 Å². The van der Waals surface area contributed by atoms with Gasteiger partial charge in [0, 0.05) is 18.7 Å². The number of methoxy groups -OCH3 is 1. The second-order valence-electron chi connectivity index (χ2n) is 8.12. The summed E-state index contributed by atoms with van der Waals surface area (Å²) in [5.41, 5.74) is 0.613. The molecule has 2 atom stereocenters. The van der Waals surface area contributed by atoms with Gasteiger partial charge in [-0.15, -0.1) is 0 Å². The Hall–Kier alpha value is -1.78. The van der Waals surface area contributed by atoms with Crippen molar-refractivity contribution in [3.63, 3.8) is 0 Å². The Balaban J connectivity index is 1.75. The zero-order chi connectivity index (χ0) is 16.8. The highest BCUT2D eigenvalue weighted by molar-refractivity contribution is 5.90. The highest BCUT2D eigenvalue weighted by atomic mass is 19.1. The van der Waals surface area contributed by atoms with E-state index in [0.29, 0.717) is 5.75 Å². The van der Waals surface area contributed by atoms with Crippen molar-refractivity contribution >= 4 is 11.7 Å². The number of hydrogen-bond donors (Lipinski definition) is 1. The summed E-state index contributed by atoms with van der Waals surface area (Å²) < 4.78 is 19.0. The highest BCUT2D eigenvalue weighted by Gasteiger charge is 2.51. The normalized spacial score (nSPS) is 28.6. The average Bonchev–Trinajstić information content (AvgIpc) is 2.70. The van der Waals surface area contributed by atoms with Gasteiger partial charge in [0.15, 0.2) is 0 Å². The van der Waals surface area contributed by atoms with Gasteiger partial charge < -0.3 is 15.0 Å². The van der Waals surface area contributed by atoms with E-state index in [0.717, 1.165) is 25.8 Å². The number of urea groups is 1. The van der Waals surface area contributed by atoms with Gasteiger partial charge in [-0.05, 0) is 42.2 Å². The Labute approximate surface area is 137 Å². The Kier molecular flexibility index (Phi) is 3.77. The van der Waals surface area contributed by atoms with Gasteiger partial charge in [0.05, 0.1) is 12.8 Å². The van der Waals surface area contributed by atoms with Crippen LogP contribution in [0.3, 0.4) is 0 Å². The molecule has 3 rings (SSSR count). The van der Waals surface area contributed by atoms with Crippen LogP contribution in [-0.4, -0.2) is 30.6 Å². The van der Waals surface area contributed by atoms with E-state index in [1.165, 1.54) is 13.2 Å². The van der Waals surface area contributed by atoms with Gasteiger partial charge in [-0.2, -0.15) is 0 Å². The number of carbonyl (C=O) groups is 1. The Morgan fingerprint density at radius 3 is 2.74 bits per heavy atom. The molecule has 0 radical (unpaired) electrons. The summed E-state index contributed by atoms with van der Waals surface area (Å²) >= 11 is 0. The summed E-state index contributed by atoms with van der Waals surface area (Å²) in [6, 6.07) is 4.50. The molecule has 1 aromatic carbocycles. The summed E-state index contributed by atoms with van der Waals surface area (Å²) in [6.45, 7) is 7.52. The van der Waals surface area contributed by atoms with Crippen LogP contribution < -0.4 is 10.1 Å². The topological polar surface area (TPSA) is 41.6 Å². The first-order valence-electron chi connectivity index (χ1n) is 8.13. The van der Waals surface area contributed by atoms with E-state index < -0.39 is 5.82 Å². The molecule has 1 aliphatic heterocycles. The van der Waals surface area contributed by atoms with Crippen LogP contribution in [0.2, 0.25) is 0 Å². The molecular formula is C18H25FN2O2. The smallest absolute Gasteiger partial charge is 0.322 e. The lowest BCUT2D eigenvalue weighted by Gasteiger charge is -2.39. The van der Waals surface area contributed by atoms with Gasteiger partial charge in [0.1, 0.15) is 11.6 Å². The van der Waals surface area contributed by atoms with Crippen molar-refractivity contribution in [1.82, 2.24) is 4.90 Å². The van der Waals surface area contributed by atoms with Crippen LogP contribution in [0.15, 0.2) is 18.2 Å². The minimum atomic E-state index is -0.480. The van der Waals surface area contributed by atoms with Gasteiger partial charge in [-0.25, -0.2) is 9.18 Å². The maximum Gasteiger partial charge on any atom is 0.322 e. The molecule has 23 heavy (non-hydrogen) atoms. The fourth-order valence-electron chi connectivity index (χ4n) is 4.61. The third-order valence-corrected chi connectivity index (χ3v) is 5.09. The molecule has 2 unspecified atom stereocenters. The summed E-state index contributed by atoms with van der Waals surface area (Å²) in [7, 11) is 1.49. The first kappa shape index (κ1) is 16.1. The second-order valence-corrected chi connectivity index (χ2v) is 8.12. The highest BCUT2D eigenvalue weighted by Crippen LogP contribution is 2.52. The second kappa shape index (κ2) is 5.39. The summed E-state index contributed by atoms with van der Waals surface area (Å²) in [6.07, 6.45) is 3.16. The van der Waals surface area contributed by atoms with Crippen LogP contribution in [0.25, 0.3) is 0 Å². The number of hydrogen-bond acceptors (Lipinski definition) is 2. The number of nitrogens with zero attached hydrogens (tertiary/aromatic N) is 1. The number of likely N-dealkylation sites (tertiary alicyclic amines) is 1. The predicted molar refractivity (Wildman–Crippen MR) is 88.2 cm³/mol. The Bertz CT molecular complexity index is 631. The summed E-state index contributed by atoms with van der Waals surface area (Å²) in [5, 5.41) is 2.72. The number of rotatable bonds is 2. The number of anilines is 1. The fraction of sp³-hybridized carbons (Fsp3) is 0.611. The first-order valence-corrected chi connectivity index (χ1v) is 8.13. The largest absolute Gasteiger partial charge is 0.497 e. The van der Waals surface area contributed by atoms with E-state index in [9.17, 15) is 9.18 Å². The summed E-state index contributed by atoms with van der Waals surface area (Å²) in [5.74, 6) is -0.0433. The molecule has 4 nitrogen and oxygen atoms in total. The van der Waals surface area contributed by atoms with Gasteiger partial charge in [-0.3, -0.25) is 0 Å². The van der Waals surface area contributed by atoms with Crippen LogP contribution >= 0.6 is 0 Å². The minimum absolute atomic E-state index is 0.169. The van der Waals surface area contributed by atoms with Crippen molar-refractivity contribution in [2.75, 3.05) is 19.0 Å². The zero-order valence-corrected chi connectivity index (χ0v) is 14.3. The molecule has 1 N–H and O–H groups in total. The number of amides is 2. The van der Waals surface area contributed by atoms with Crippen LogP contribution in [0, 0.1) is 16.6 Å². The van der Waals surface area contributed by atoms with Gasteiger partial charge >= 0.3 is 6.03 Å². The molecule has 1 aliphatic carbocycles. The van der Waals surface area contributed by atoms with Crippen molar-refractivity contribution < 1.29 is 13.9 Å². The lowest BCUT2D eigenvalue weighted by molar-refractivity contribution is 0.130.